The number of benzene rings is 8. The van der Waals surface area contributed by atoms with E-state index in [1.807, 2.05) is 109 Å². The van der Waals surface area contributed by atoms with Gasteiger partial charge in [-0.2, -0.15) is 0 Å². The van der Waals surface area contributed by atoms with Crippen LogP contribution in [0, 0.1) is 0 Å². The molecule has 3 heterocycles. The first kappa shape index (κ1) is 25.0. The molecule has 4 nitrogen and oxygen atoms in total. The van der Waals surface area contributed by atoms with E-state index in [1.165, 1.54) is 4.57 Å². The topological polar surface area (TPSA) is 43.6 Å². The Labute approximate surface area is 338 Å². The number of hydrogen-bond acceptors (Lipinski definition) is 4. The highest BCUT2D eigenvalue weighted by atomic mass is 32.1. The van der Waals surface area contributed by atoms with E-state index in [0.717, 1.165) is 53.6 Å². The van der Waals surface area contributed by atoms with Gasteiger partial charge in [0.1, 0.15) is 0 Å². The van der Waals surface area contributed by atoms with Crippen molar-refractivity contribution in [3.63, 3.8) is 0 Å². The van der Waals surface area contributed by atoms with Crippen molar-refractivity contribution < 1.29 is 11.0 Å². The molecular formula is C51H32N4S. The first-order valence-electron chi connectivity index (χ1n) is 22.1. The molecule has 56 heavy (non-hydrogen) atoms. The van der Waals surface area contributed by atoms with Gasteiger partial charge in [0.25, 0.3) is 0 Å². The molecule has 0 aliphatic heterocycles. The van der Waals surface area contributed by atoms with Crippen LogP contribution in [-0.4, -0.2) is 19.5 Å². The maximum absolute atomic E-state index is 9.29. The van der Waals surface area contributed by atoms with Gasteiger partial charge in [0.15, 0.2) is 17.5 Å². The molecule has 11 rings (SSSR count). The van der Waals surface area contributed by atoms with Crippen LogP contribution in [-0.2, 0) is 0 Å². The molecule has 11 aromatic rings. The molecule has 0 amide bonds. The highest BCUT2D eigenvalue weighted by Crippen LogP contribution is 2.40. The van der Waals surface area contributed by atoms with Crippen LogP contribution in [0.15, 0.2) is 194 Å². The maximum atomic E-state index is 9.29. The van der Waals surface area contributed by atoms with E-state index in [1.54, 1.807) is 17.4 Å². The Hall–Kier alpha value is -7.21. The largest absolute Gasteiger partial charge is 0.309 e. The van der Waals surface area contributed by atoms with Gasteiger partial charge in [-0.05, 0) is 76.8 Å². The molecule has 0 saturated heterocycles. The molecule has 0 bridgehead atoms. The third-order valence-electron chi connectivity index (χ3n) is 10.1. The third-order valence-corrected chi connectivity index (χ3v) is 11.3. The third kappa shape index (κ3) is 5.48. The molecule has 0 fully saturated rings. The average Bonchev–Trinajstić information content (AvgIpc) is 3.91. The quantitative estimate of drug-likeness (QED) is 0.170. The van der Waals surface area contributed by atoms with Crippen LogP contribution in [0.3, 0.4) is 0 Å². The Morgan fingerprint density at radius 3 is 1.70 bits per heavy atom. The SMILES string of the molecule is [2H]c1c([2H])c([2H])c2c(c1[2H])c1c([2H])c([2H])c([2H])c([2H])c1n2-c1ccc(-c2cccc(-c3ccccc3)c2)cc1-c1nc(-c2ccccc2)nc(-c2ccc3sc4ccccc4c3c2)n1. The van der Waals surface area contributed by atoms with Crippen molar-refractivity contribution >= 4 is 53.3 Å². The number of rotatable bonds is 6. The summed E-state index contributed by atoms with van der Waals surface area (Å²) < 4.78 is 75.4. The van der Waals surface area contributed by atoms with Crippen molar-refractivity contribution in [1.29, 1.82) is 0 Å². The normalized spacial score (nSPS) is 13.6. The van der Waals surface area contributed by atoms with Gasteiger partial charge in [-0.1, -0.05) is 139 Å². The minimum absolute atomic E-state index is 0.000393. The Morgan fingerprint density at radius 2 is 0.946 bits per heavy atom. The van der Waals surface area contributed by atoms with Gasteiger partial charge in [0.05, 0.1) is 27.7 Å². The molecule has 0 N–H and O–H groups in total. The van der Waals surface area contributed by atoms with E-state index in [2.05, 4.69) is 30.3 Å². The Bertz CT molecular complexity index is 3640. The van der Waals surface area contributed by atoms with Crippen molar-refractivity contribution in [3.05, 3.63) is 194 Å². The first-order chi connectivity index (χ1) is 31.1. The molecule has 5 heteroatoms. The average molecular weight is 741 g/mol. The van der Waals surface area contributed by atoms with E-state index >= 15 is 0 Å². The lowest BCUT2D eigenvalue weighted by molar-refractivity contribution is 1.07. The number of fused-ring (bicyclic) bond motifs is 6. The fraction of sp³-hybridized carbons (Fsp3) is 0. The van der Waals surface area contributed by atoms with Crippen molar-refractivity contribution in [2.45, 2.75) is 0 Å². The van der Waals surface area contributed by atoms with Gasteiger partial charge in [-0.3, -0.25) is 0 Å². The minimum atomic E-state index is -0.511. The summed E-state index contributed by atoms with van der Waals surface area (Å²) in [6.07, 6.45) is 0. The predicted octanol–water partition coefficient (Wildman–Crippen LogP) is 13.7. The summed E-state index contributed by atoms with van der Waals surface area (Å²) in [5.74, 6) is 1.03. The molecule has 0 unspecified atom stereocenters. The first-order valence-corrected chi connectivity index (χ1v) is 18.9. The molecule has 8 aromatic carbocycles. The second-order valence-electron chi connectivity index (χ2n) is 13.4. The van der Waals surface area contributed by atoms with Gasteiger partial charge in [0.2, 0.25) is 0 Å². The second-order valence-corrected chi connectivity index (χ2v) is 14.5. The molecule has 0 spiro atoms. The van der Waals surface area contributed by atoms with Gasteiger partial charge in [0, 0.05) is 47.6 Å². The van der Waals surface area contributed by atoms with Crippen LogP contribution < -0.4 is 0 Å². The lowest BCUT2D eigenvalue weighted by atomic mass is 9.97. The molecule has 0 saturated carbocycles. The highest BCUT2D eigenvalue weighted by molar-refractivity contribution is 7.25. The van der Waals surface area contributed by atoms with Crippen LogP contribution in [0.25, 0.3) is 104 Å². The molecule has 0 radical (unpaired) electrons. The van der Waals surface area contributed by atoms with Crippen LogP contribution in [0.2, 0.25) is 0 Å². The molecule has 0 atom stereocenters. The molecule has 3 aromatic heterocycles. The van der Waals surface area contributed by atoms with Crippen molar-refractivity contribution in [2.24, 2.45) is 0 Å². The zero-order valence-electron chi connectivity index (χ0n) is 37.6. The van der Waals surface area contributed by atoms with Crippen LogP contribution in [0.1, 0.15) is 11.0 Å². The van der Waals surface area contributed by atoms with Crippen molar-refractivity contribution in [3.8, 4) is 62.1 Å². The summed E-state index contributed by atoms with van der Waals surface area (Å²) in [5, 5.41) is 2.15. The lowest BCUT2D eigenvalue weighted by Gasteiger charge is -2.16. The monoisotopic (exact) mass is 740 g/mol. The standard InChI is InChI=1S/C51H32N4S/c1-3-14-33(15-4-1)35-18-13-19-36(30-35)37-26-28-46(55-44-23-10-7-20-39(44)40-21-8-11-24-45(40)55)43(31-37)51-53-49(34-16-5-2-6-17-34)52-50(54-51)38-27-29-48-42(32-38)41-22-9-12-25-47(41)56-48/h1-32H/i7D,8D,10D,11D,20D,21D,23D,24D. The molecule has 0 aliphatic carbocycles. The number of thiophene rings is 1. The van der Waals surface area contributed by atoms with Gasteiger partial charge in [-0.25, -0.2) is 15.0 Å². The smallest absolute Gasteiger partial charge is 0.166 e. The number of hydrogen-bond donors (Lipinski definition) is 0. The number of para-hydroxylation sites is 2. The Balaban J connectivity index is 1.25. The summed E-state index contributed by atoms with van der Waals surface area (Å²) >= 11 is 1.71. The van der Waals surface area contributed by atoms with E-state index in [4.69, 9.17) is 23.2 Å². The zero-order chi connectivity index (χ0) is 44.0. The Kier molecular flexibility index (Phi) is 5.92. The summed E-state index contributed by atoms with van der Waals surface area (Å²) in [5.41, 5.74) is 5.98. The molecular weight excluding hydrogens is 701 g/mol. The zero-order valence-corrected chi connectivity index (χ0v) is 30.4. The molecule has 262 valence electrons. The van der Waals surface area contributed by atoms with E-state index in [0.29, 0.717) is 22.9 Å². The molecule has 0 aliphatic rings. The second kappa shape index (κ2) is 13.3. The fourth-order valence-electron chi connectivity index (χ4n) is 7.47. The highest BCUT2D eigenvalue weighted by Gasteiger charge is 2.21. The number of aromatic nitrogens is 4. The fourth-order valence-corrected chi connectivity index (χ4v) is 8.55. The van der Waals surface area contributed by atoms with E-state index in [-0.39, 0.29) is 27.6 Å². The summed E-state index contributed by atoms with van der Waals surface area (Å²) in [4.78, 5) is 15.4. The van der Waals surface area contributed by atoms with Crippen LogP contribution in [0.4, 0.5) is 0 Å². The minimum Gasteiger partial charge on any atom is -0.309 e. The predicted molar refractivity (Wildman–Crippen MR) is 234 cm³/mol. The summed E-state index contributed by atoms with van der Waals surface area (Å²) in [6.45, 7) is 0. The van der Waals surface area contributed by atoms with Crippen molar-refractivity contribution in [2.75, 3.05) is 0 Å². The summed E-state index contributed by atoms with van der Waals surface area (Å²) in [6, 6.07) is 44.2. The van der Waals surface area contributed by atoms with Crippen molar-refractivity contribution in [1.82, 2.24) is 19.5 Å². The number of nitrogens with zero attached hydrogens (tertiary/aromatic N) is 4. The van der Waals surface area contributed by atoms with Crippen LogP contribution in [0.5, 0.6) is 0 Å². The van der Waals surface area contributed by atoms with Gasteiger partial charge >= 0.3 is 0 Å². The van der Waals surface area contributed by atoms with Gasteiger partial charge in [-0.15, -0.1) is 11.3 Å². The van der Waals surface area contributed by atoms with E-state index < -0.39 is 48.3 Å². The summed E-state index contributed by atoms with van der Waals surface area (Å²) in [7, 11) is 0. The van der Waals surface area contributed by atoms with E-state index in [9.17, 15) is 2.74 Å². The van der Waals surface area contributed by atoms with Crippen LogP contribution >= 0.6 is 11.3 Å². The maximum Gasteiger partial charge on any atom is 0.166 e. The Morgan fingerprint density at radius 1 is 0.393 bits per heavy atom. The van der Waals surface area contributed by atoms with Gasteiger partial charge < -0.3 is 4.57 Å². The lowest BCUT2D eigenvalue weighted by Crippen LogP contribution is -2.04.